The molecule has 1 rings (SSSR count). The van der Waals surface area contributed by atoms with E-state index in [9.17, 15) is 0 Å². The number of hydrogen-bond acceptors (Lipinski definition) is 0. The van der Waals surface area contributed by atoms with Crippen LogP contribution < -0.4 is 28.5 Å². The summed E-state index contributed by atoms with van der Waals surface area (Å²) in [6, 6.07) is 0. The number of aromatic amines is 1. The Morgan fingerprint density at radius 1 is 1.33 bits per heavy atom. The summed E-state index contributed by atoms with van der Waals surface area (Å²) in [4.78, 5) is 3.26. The van der Waals surface area contributed by atoms with Crippen LogP contribution in [0.2, 0.25) is 0 Å². The predicted octanol–water partition coefficient (Wildman–Crippen LogP) is 0.609. The van der Waals surface area contributed by atoms with Gasteiger partial charge in [0.2, 0.25) is 0 Å². The van der Waals surface area contributed by atoms with Crippen LogP contribution in [-0.4, -0.2) is 9.28 Å². The normalized spacial score (nSPS) is 8.67. The average Bonchev–Trinajstić information content (AvgIpc) is 2.30. The van der Waals surface area contributed by atoms with Crippen LogP contribution in [0.1, 0.15) is 24.9 Å². The van der Waals surface area contributed by atoms with Crippen LogP contribution in [0.5, 0.6) is 0 Å². The molecule has 0 bridgehead atoms. The van der Waals surface area contributed by atoms with Gasteiger partial charge in [0, 0.05) is 13.8 Å². The third-order valence-corrected chi connectivity index (χ3v) is 1.62. The second kappa shape index (κ2) is 11.7. The van der Waals surface area contributed by atoms with E-state index in [1.807, 2.05) is 0 Å². The summed E-state index contributed by atoms with van der Waals surface area (Å²) in [5.41, 5.74) is 1.24. The lowest BCUT2D eigenvalue weighted by Gasteiger charge is -1.90. The average molecular weight is 674 g/mol. The number of aryl methyl sites for hydroxylation is 3. The summed E-state index contributed by atoms with van der Waals surface area (Å²) >= 11 is 7.37. The van der Waals surface area contributed by atoms with Crippen molar-refractivity contribution in [3.63, 3.8) is 0 Å². The van der Waals surface area contributed by atoms with Gasteiger partial charge in [-0.2, -0.15) is 60.8 Å². The number of H-pyrrole nitrogens is 1. The van der Waals surface area contributed by atoms with E-state index in [0.29, 0.717) is 0 Å². The minimum Gasteiger partial charge on any atom is -1.00 e. The Morgan fingerprint density at radius 2 is 1.80 bits per heavy atom. The van der Waals surface area contributed by atoms with Crippen molar-refractivity contribution >= 4 is 65.1 Å². The van der Waals surface area contributed by atoms with Gasteiger partial charge in [-0.3, -0.25) is 0 Å². The van der Waals surface area contributed by atoms with Crippen molar-refractivity contribution in [2.24, 2.45) is 0 Å². The van der Waals surface area contributed by atoms with Crippen molar-refractivity contribution in [1.82, 2.24) is 4.98 Å². The first kappa shape index (κ1) is 20.0. The maximum Gasteiger partial charge on any atom is 0.524 e. The Kier molecular flexibility index (Phi) is 15.6. The summed E-state index contributed by atoms with van der Waals surface area (Å²) < 4.78 is 2.02. The molecule has 0 atom stereocenters. The van der Waals surface area contributed by atoms with Gasteiger partial charge in [-0.15, -0.1) is 0 Å². The first-order chi connectivity index (χ1) is 6.47. The van der Waals surface area contributed by atoms with Crippen molar-refractivity contribution in [3.8, 4) is 0 Å². The Bertz CT molecular complexity index is 262. The first-order valence-corrected chi connectivity index (χ1v) is 17.0. The molecular formula is C8H15AlI4N2. The Labute approximate surface area is 147 Å². The molecule has 7 heteroatoms. The van der Waals surface area contributed by atoms with Gasteiger partial charge in [-0.05, 0) is 6.42 Å². The zero-order valence-corrected chi connectivity index (χ0v) is 18.8. The minimum atomic E-state index is -0.229. The fourth-order valence-electron chi connectivity index (χ4n) is 1.19. The molecule has 0 spiro atoms. The molecule has 0 saturated carbocycles. The largest absolute Gasteiger partial charge is 1.00 e. The fraction of sp³-hybridized carbons (Fsp3) is 0.625. The second-order valence-corrected chi connectivity index (χ2v) is 36.1. The van der Waals surface area contributed by atoms with Crippen LogP contribution in [0.4, 0.5) is 0 Å². The highest BCUT2D eigenvalue weighted by molar-refractivity contribution is 14.4. The molecule has 1 aromatic rings. The van der Waals surface area contributed by atoms with Gasteiger partial charge in [0.25, 0.3) is 5.82 Å². The number of nitrogens with one attached hydrogen (secondary N) is 1. The highest BCUT2D eigenvalue weighted by Crippen LogP contribution is 2.10. The zero-order chi connectivity index (χ0) is 11.1. The molecule has 0 unspecified atom stereocenters. The molecule has 0 aromatic carbocycles. The van der Waals surface area contributed by atoms with Crippen LogP contribution >= 0.6 is 60.8 Å². The van der Waals surface area contributed by atoms with Crippen molar-refractivity contribution < 1.29 is 28.5 Å². The van der Waals surface area contributed by atoms with Gasteiger partial charge in [-0.25, -0.2) is 9.55 Å². The first-order valence-electron chi connectivity index (χ1n) is 4.45. The summed E-state index contributed by atoms with van der Waals surface area (Å²) in [7, 11) is 0. The fourth-order valence-corrected chi connectivity index (χ4v) is 1.19. The van der Waals surface area contributed by atoms with Crippen LogP contribution in [0.15, 0.2) is 6.20 Å². The number of nitrogens with zero attached hydrogens (tertiary/aromatic N) is 1. The van der Waals surface area contributed by atoms with Gasteiger partial charge >= 0.3 is 4.30 Å². The third-order valence-electron chi connectivity index (χ3n) is 1.62. The molecule has 2 nitrogen and oxygen atoms in total. The Morgan fingerprint density at radius 3 is 2.07 bits per heavy atom. The van der Waals surface area contributed by atoms with Crippen molar-refractivity contribution in [2.75, 3.05) is 0 Å². The van der Waals surface area contributed by atoms with Gasteiger partial charge in [-0.1, -0.05) is 6.92 Å². The minimum absolute atomic E-state index is 0. The molecular weight excluding hydrogens is 659 g/mol. The molecule has 0 fully saturated rings. The van der Waals surface area contributed by atoms with Crippen molar-refractivity contribution in [2.45, 2.75) is 33.7 Å². The van der Waals surface area contributed by atoms with E-state index in [2.05, 4.69) is 97.3 Å². The van der Waals surface area contributed by atoms with Gasteiger partial charge in [0.1, 0.15) is 11.9 Å². The van der Waals surface area contributed by atoms with Crippen molar-refractivity contribution in [3.05, 3.63) is 17.7 Å². The standard InChI is InChI=1S/C8H14N2.Al.4HI/c1-4-5-10-6-7(2)9-8(10)3;;;;;/h6H,4-5H2,1-3H3;;4*1H/q;+3;;;;/p-3. The van der Waals surface area contributed by atoms with Crippen molar-refractivity contribution in [1.29, 1.82) is 0 Å². The molecule has 0 aliphatic heterocycles. The predicted molar refractivity (Wildman–Crippen MR) is 88.6 cm³/mol. The quantitative estimate of drug-likeness (QED) is 0.270. The maximum atomic E-state index is 3.26. The summed E-state index contributed by atoms with van der Waals surface area (Å²) in [5, 5.41) is 0. The highest BCUT2D eigenvalue weighted by atomic mass is 127. The van der Waals surface area contributed by atoms with E-state index >= 15 is 0 Å². The van der Waals surface area contributed by atoms with E-state index in [0.717, 1.165) is 6.54 Å². The Hall–Kier alpha value is 2.66. The molecule has 15 heavy (non-hydrogen) atoms. The monoisotopic (exact) mass is 674 g/mol. The number of aromatic nitrogens is 2. The molecule has 0 saturated heterocycles. The molecule has 88 valence electrons. The topological polar surface area (TPSA) is 19.7 Å². The summed E-state index contributed by atoms with van der Waals surface area (Å²) in [6.45, 7) is 7.49. The molecule has 1 aromatic heterocycles. The van der Waals surface area contributed by atoms with Gasteiger partial charge < -0.3 is 24.0 Å². The van der Waals surface area contributed by atoms with E-state index in [-0.39, 0.29) is 28.3 Å². The van der Waals surface area contributed by atoms with Crippen LogP contribution in [0.25, 0.3) is 0 Å². The second-order valence-electron chi connectivity index (χ2n) is 2.96. The zero-order valence-electron chi connectivity index (χ0n) is 9.03. The van der Waals surface area contributed by atoms with Crippen LogP contribution in [0.3, 0.4) is 0 Å². The van der Waals surface area contributed by atoms with E-state index in [1.165, 1.54) is 17.9 Å². The number of hydrogen-bond donors (Lipinski definition) is 1. The summed E-state index contributed by atoms with van der Waals surface area (Å²) in [5.74, 6) is 1.25. The Balaban J connectivity index is 0. The smallest absolute Gasteiger partial charge is 0.524 e. The third kappa shape index (κ3) is 11.5. The number of imidazole rings is 1. The van der Waals surface area contributed by atoms with Crippen LogP contribution in [0, 0.1) is 13.8 Å². The lowest BCUT2D eigenvalue weighted by atomic mass is 10.4. The molecule has 0 amide bonds. The molecule has 0 aliphatic carbocycles. The lowest BCUT2D eigenvalue weighted by molar-refractivity contribution is -0.701. The number of halogens is 4. The van der Waals surface area contributed by atoms with Gasteiger partial charge in [0.15, 0.2) is 0 Å². The van der Waals surface area contributed by atoms with Crippen LogP contribution in [-0.2, 0) is 6.54 Å². The molecule has 1 N–H and O–H groups in total. The SMILES string of the molecule is CCC[n+]1cc(C)[nH]c1C.[I-].[I][Al]([I])[I]. The summed E-state index contributed by atoms with van der Waals surface area (Å²) in [6.07, 6.45) is 3.35. The molecule has 0 aliphatic rings. The maximum absolute atomic E-state index is 3.26. The van der Waals surface area contributed by atoms with E-state index in [4.69, 9.17) is 0 Å². The van der Waals surface area contributed by atoms with E-state index in [1.54, 1.807) is 0 Å². The highest BCUT2D eigenvalue weighted by Gasteiger charge is 2.05. The number of rotatable bonds is 2. The molecule has 1 heterocycles. The van der Waals surface area contributed by atoms with E-state index < -0.39 is 0 Å². The lowest BCUT2D eigenvalue weighted by Crippen LogP contribution is -3.00. The van der Waals surface area contributed by atoms with Gasteiger partial charge in [0.05, 0.1) is 6.54 Å². The molecule has 0 radical (unpaired) electrons.